The molecule has 1 aliphatic carbocycles. The lowest BCUT2D eigenvalue weighted by molar-refractivity contribution is -0.00413. The van der Waals surface area contributed by atoms with E-state index in [2.05, 4.69) is 15.9 Å². The number of nitrogens with zero attached hydrogens (tertiary/aromatic N) is 2. The Balaban J connectivity index is 1.37. The second kappa shape index (κ2) is 7.10. The first-order valence-corrected chi connectivity index (χ1v) is 10.6. The third-order valence-corrected chi connectivity index (χ3v) is 7.17. The molecule has 0 N–H and O–H groups in total. The van der Waals surface area contributed by atoms with Crippen molar-refractivity contribution in [2.24, 2.45) is 11.8 Å². The van der Waals surface area contributed by atoms with Crippen LogP contribution in [0.15, 0.2) is 28.2 Å². The number of carbonyl (C=O) groups excluding carboxylic acids is 1. The second-order valence-electron chi connectivity index (χ2n) is 8.74. The molecule has 0 radical (unpaired) electrons. The Labute approximate surface area is 161 Å². The van der Waals surface area contributed by atoms with Gasteiger partial charge in [-0.2, -0.15) is 0 Å². The standard InChI is InChI=1S/C22H30N2O3/c1-26-22(25)20-8-7-18(27-20)14-24-10-4-5-15-11-16-12-17(21(15)24)13-23-9-3-2-6-19(16)23/h7-8,11,16-17,19,21H,2-6,9-10,12-14H2,1H3/t16?,17?,19-,21-/m1/s1. The summed E-state index contributed by atoms with van der Waals surface area (Å²) in [5.74, 6) is 2.28. The van der Waals surface area contributed by atoms with E-state index < -0.39 is 5.97 Å². The Morgan fingerprint density at radius 2 is 2.19 bits per heavy atom. The average molecular weight is 370 g/mol. The number of piperidine rings is 3. The highest BCUT2D eigenvalue weighted by Gasteiger charge is 2.45. The third-order valence-electron chi connectivity index (χ3n) is 7.17. The minimum atomic E-state index is -0.399. The lowest BCUT2D eigenvalue weighted by atomic mass is 9.68. The van der Waals surface area contributed by atoms with Crippen molar-refractivity contribution in [3.05, 3.63) is 35.3 Å². The number of carbonyl (C=O) groups is 1. The molecular weight excluding hydrogens is 340 g/mol. The van der Waals surface area contributed by atoms with Gasteiger partial charge in [-0.15, -0.1) is 0 Å². The maximum atomic E-state index is 11.7. The highest BCUT2D eigenvalue weighted by Crippen LogP contribution is 2.45. The summed E-state index contributed by atoms with van der Waals surface area (Å²) in [4.78, 5) is 17.1. The molecule has 146 valence electrons. The number of rotatable bonds is 3. The van der Waals surface area contributed by atoms with Crippen LogP contribution in [0.3, 0.4) is 0 Å². The molecule has 0 spiro atoms. The monoisotopic (exact) mass is 370 g/mol. The van der Waals surface area contributed by atoms with Gasteiger partial charge in [-0.1, -0.05) is 18.1 Å². The van der Waals surface area contributed by atoms with Gasteiger partial charge < -0.3 is 9.15 Å². The van der Waals surface area contributed by atoms with Crippen molar-refractivity contribution in [2.45, 2.75) is 57.2 Å². The van der Waals surface area contributed by atoms with Gasteiger partial charge in [0.05, 0.1) is 13.7 Å². The van der Waals surface area contributed by atoms with E-state index in [-0.39, 0.29) is 0 Å². The van der Waals surface area contributed by atoms with Crippen molar-refractivity contribution >= 4 is 5.97 Å². The molecule has 4 heterocycles. The lowest BCUT2D eigenvalue weighted by Gasteiger charge is -2.54. The zero-order valence-electron chi connectivity index (χ0n) is 16.2. The Hall–Kier alpha value is -1.59. The van der Waals surface area contributed by atoms with E-state index in [0.29, 0.717) is 11.8 Å². The molecule has 3 saturated heterocycles. The number of methoxy groups -OCH3 is 1. The first-order valence-electron chi connectivity index (χ1n) is 10.6. The number of hydrogen-bond donors (Lipinski definition) is 0. The molecule has 3 fully saturated rings. The number of furan rings is 1. The van der Waals surface area contributed by atoms with E-state index in [4.69, 9.17) is 9.15 Å². The Kier molecular flexibility index (Phi) is 4.60. The molecule has 5 nitrogen and oxygen atoms in total. The van der Waals surface area contributed by atoms with Crippen molar-refractivity contribution < 1.29 is 13.9 Å². The number of esters is 1. The normalized spacial score (nSPS) is 33.7. The van der Waals surface area contributed by atoms with Crippen LogP contribution in [0.1, 0.15) is 54.8 Å². The van der Waals surface area contributed by atoms with Crippen molar-refractivity contribution in [1.29, 1.82) is 0 Å². The summed E-state index contributed by atoms with van der Waals surface area (Å²) in [5, 5.41) is 0. The van der Waals surface area contributed by atoms with E-state index in [0.717, 1.165) is 36.7 Å². The van der Waals surface area contributed by atoms with Gasteiger partial charge in [-0.05, 0) is 69.2 Å². The zero-order valence-corrected chi connectivity index (χ0v) is 16.2. The third kappa shape index (κ3) is 3.15. The SMILES string of the molecule is COC(=O)c1ccc(CN2CCCC3=CC4CC(CN5CCCC[C@H]45)[C@@H]32)o1. The van der Waals surface area contributed by atoms with E-state index in [1.165, 1.54) is 58.7 Å². The molecule has 1 aromatic heterocycles. The first-order chi connectivity index (χ1) is 13.2. The van der Waals surface area contributed by atoms with Gasteiger partial charge in [0.15, 0.2) is 0 Å². The van der Waals surface area contributed by atoms with Gasteiger partial charge in [0.1, 0.15) is 5.76 Å². The van der Waals surface area contributed by atoms with Crippen LogP contribution in [-0.2, 0) is 11.3 Å². The second-order valence-corrected chi connectivity index (χ2v) is 8.74. The summed E-state index contributed by atoms with van der Waals surface area (Å²) >= 11 is 0. The number of likely N-dealkylation sites (tertiary alicyclic amines) is 1. The van der Waals surface area contributed by atoms with Crippen molar-refractivity contribution in [3.63, 3.8) is 0 Å². The summed E-state index contributed by atoms with van der Waals surface area (Å²) in [6.45, 7) is 4.43. The van der Waals surface area contributed by atoms with Crippen LogP contribution in [-0.4, -0.2) is 54.6 Å². The van der Waals surface area contributed by atoms with Gasteiger partial charge >= 0.3 is 5.97 Å². The van der Waals surface area contributed by atoms with E-state index in [9.17, 15) is 4.79 Å². The molecule has 4 atom stereocenters. The molecule has 0 aromatic carbocycles. The molecule has 3 aliphatic heterocycles. The molecular formula is C22H30N2O3. The average Bonchev–Trinajstić information content (AvgIpc) is 3.16. The summed E-state index contributed by atoms with van der Waals surface area (Å²) < 4.78 is 10.5. The van der Waals surface area contributed by atoms with Crippen LogP contribution in [0, 0.1) is 11.8 Å². The molecule has 1 aromatic rings. The number of ether oxygens (including phenoxy) is 1. The van der Waals surface area contributed by atoms with Crippen LogP contribution in [0.25, 0.3) is 0 Å². The van der Waals surface area contributed by atoms with Crippen LogP contribution >= 0.6 is 0 Å². The highest BCUT2D eigenvalue weighted by molar-refractivity contribution is 5.86. The van der Waals surface area contributed by atoms with E-state index >= 15 is 0 Å². The fourth-order valence-electron chi connectivity index (χ4n) is 6.13. The van der Waals surface area contributed by atoms with Crippen LogP contribution in [0.5, 0.6) is 0 Å². The Morgan fingerprint density at radius 1 is 1.26 bits per heavy atom. The van der Waals surface area contributed by atoms with Gasteiger partial charge in [0.25, 0.3) is 0 Å². The van der Waals surface area contributed by atoms with Gasteiger partial charge in [0.2, 0.25) is 5.76 Å². The summed E-state index contributed by atoms with van der Waals surface area (Å²) in [5.41, 5.74) is 1.67. The summed E-state index contributed by atoms with van der Waals surface area (Å²) in [6.07, 6.45) is 10.6. The van der Waals surface area contributed by atoms with Crippen LogP contribution in [0.4, 0.5) is 0 Å². The first kappa shape index (κ1) is 17.5. The van der Waals surface area contributed by atoms with Gasteiger partial charge in [0, 0.05) is 18.6 Å². The molecule has 0 amide bonds. The maximum absolute atomic E-state index is 11.7. The molecule has 5 rings (SSSR count). The molecule has 2 unspecified atom stereocenters. The van der Waals surface area contributed by atoms with Crippen molar-refractivity contribution in [1.82, 2.24) is 9.80 Å². The molecule has 4 aliphatic rings. The van der Waals surface area contributed by atoms with Crippen molar-refractivity contribution in [2.75, 3.05) is 26.7 Å². The predicted octanol–water partition coefficient (Wildman–Crippen LogP) is 3.46. The van der Waals surface area contributed by atoms with Gasteiger partial charge in [-0.3, -0.25) is 9.80 Å². The number of fused-ring (bicyclic) bond motifs is 6. The van der Waals surface area contributed by atoms with Crippen molar-refractivity contribution in [3.8, 4) is 0 Å². The van der Waals surface area contributed by atoms with Gasteiger partial charge in [-0.25, -0.2) is 4.79 Å². The highest BCUT2D eigenvalue weighted by atomic mass is 16.5. The van der Waals surface area contributed by atoms with Crippen LogP contribution < -0.4 is 0 Å². The Morgan fingerprint density at radius 3 is 3.07 bits per heavy atom. The number of hydrogen-bond acceptors (Lipinski definition) is 5. The molecule has 27 heavy (non-hydrogen) atoms. The largest absolute Gasteiger partial charge is 0.463 e. The maximum Gasteiger partial charge on any atom is 0.373 e. The van der Waals surface area contributed by atoms with Crippen LogP contribution in [0.2, 0.25) is 0 Å². The van der Waals surface area contributed by atoms with E-state index in [1.807, 2.05) is 6.07 Å². The minimum absolute atomic E-state index is 0.304. The molecule has 2 bridgehead atoms. The smallest absolute Gasteiger partial charge is 0.373 e. The predicted molar refractivity (Wildman–Crippen MR) is 102 cm³/mol. The fourth-order valence-corrected chi connectivity index (χ4v) is 6.13. The molecule has 0 saturated carbocycles. The minimum Gasteiger partial charge on any atom is -0.463 e. The lowest BCUT2D eigenvalue weighted by Crippen LogP contribution is -2.58. The molecule has 5 heteroatoms. The zero-order chi connectivity index (χ0) is 18.4. The fraction of sp³-hybridized carbons (Fsp3) is 0.682. The van der Waals surface area contributed by atoms with E-state index in [1.54, 1.807) is 11.6 Å². The Bertz CT molecular complexity index is 740. The summed E-state index contributed by atoms with van der Waals surface area (Å²) in [7, 11) is 1.39. The quantitative estimate of drug-likeness (QED) is 0.602. The summed E-state index contributed by atoms with van der Waals surface area (Å²) in [6, 6.07) is 5.01. The topological polar surface area (TPSA) is 45.9 Å².